The summed E-state index contributed by atoms with van der Waals surface area (Å²) in [6, 6.07) is 18.6. The number of nitrogens with one attached hydrogen (secondary N) is 1. The third-order valence-corrected chi connectivity index (χ3v) is 5.80. The summed E-state index contributed by atoms with van der Waals surface area (Å²) in [5.41, 5.74) is 13.9. The van der Waals surface area contributed by atoms with Gasteiger partial charge in [0.1, 0.15) is 17.1 Å². The van der Waals surface area contributed by atoms with Crippen LogP contribution in [0.2, 0.25) is 0 Å². The number of hydrogen-bond donors (Lipinski definition) is 3. The van der Waals surface area contributed by atoms with Crippen LogP contribution < -0.4 is 17.0 Å². The van der Waals surface area contributed by atoms with Gasteiger partial charge in [-0.25, -0.2) is 14.5 Å². The van der Waals surface area contributed by atoms with E-state index in [1.807, 2.05) is 55.5 Å². The van der Waals surface area contributed by atoms with E-state index in [1.165, 1.54) is 4.52 Å². The molecule has 6 aromatic rings. The van der Waals surface area contributed by atoms with Gasteiger partial charge in [0.15, 0.2) is 11.5 Å². The van der Waals surface area contributed by atoms with Crippen molar-refractivity contribution >= 4 is 28.3 Å². The van der Waals surface area contributed by atoms with Crippen molar-refractivity contribution in [3.8, 4) is 17.5 Å². The fourth-order valence-corrected chi connectivity index (χ4v) is 4.06. The van der Waals surface area contributed by atoms with Crippen LogP contribution in [0.4, 0.5) is 5.82 Å². The van der Waals surface area contributed by atoms with Crippen LogP contribution >= 0.6 is 0 Å². The molecule has 4 aromatic heterocycles. The molecule has 0 aliphatic heterocycles. The van der Waals surface area contributed by atoms with Crippen molar-refractivity contribution in [2.24, 2.45) is 5.73 Å². The Kier molecular flexibility index (Phi) is 6.83. The van der Waals surface area contributed by atoms with Crippen molar-refractivity contribution in [3.05, 3.63) is 112 Å². The fraction of sp³-hybridized carbons (Fsp3) is 0.0714. The van der Waals surface area contributed by atoms with E-state index >= 15 is 0 Å². The van der Waals surface area contributed by atoms with Crippen LogP contribution in [0.1, 0.15) is 34.4 Å². The van der Waals surface area contributed by atoms with Crippen LogP contribution in [0.3, 0.4) is 0 Å². The largest absolute Gasteiger partial charge is 0.381 e. The van der Waals surface area contributed by atoms with Crippen molar-refractivity contribution in [1.29, 1.82) is 0 Å². The topological polar surface area (TPSA) is 163 Å². The summed E-state index contributed by atoms with van der Waals surface area (Å²) in [5.74, 6) is 6.29. The predicted molar refractivity (Wildman–Crippen MR) is 147 cm³/mol. The average molecular weight is 518 g/mol. The van der Waals surface area contributed by atoms with Gasteiger partial charge in [0, 0.05) is 30.6 Å². The molecule has 0 spiro atoms. The number of nitrogen functional groups attached to an aromatic ring is 1. The lowest BCUT2D eigenvalue weighted by molar-refractivity contribution is 0.100. The zero-order chi connectivity index (χ0) is 27.4. The first-order valence-corrected chi connectivity index (χ1v) is 12.0. The van der Waals surface area contributed by atoms with Crippen LogP contribution in [0.15, 0.2) is 84.0 Å². The van der Waals surface area contributed by atoms with Crippen LogP contribution in [0, 0.1) is 11.8 Å². The minimum atomic E-state index is -0.619. The minimum Gasteiger partial charge on any atom is -0.381 e. The molecule has 192 valence electrons. The molecule has 0 aliphatic carbocycles. The zero-order valence-corrected chi connectivity index (χ0v) is 20.9. The number of benzene rings is 2. The number of primary amides is 1. The second-order valence-corrected chi connectivity index (χ2v) is 8.29. The molecular weight excluding hydrogens is 494 g/mol. The molecule has 0 bridgehead atoms. The monoisotopic (exact) mass is 517 g/mol. The van der Waals surface area contributed by atoms with E-state index in [1.54, 1.807) is 35.3 Å². The van der Waals surface area contributed by atoms with Gasteiger partial charge in [0.05, 0.1) is 16.6 Å². The predicted octanol–water partition coefficient (Wildman–Crippen LogP) is 2.48. The first-order chi connectivity index (χ1) is 19.0. The van der Waals surface area contributed by atoms with Crippen molar-refractivity contribution in [2.75, 3.05) is 5.73 Å². The average Bonchev–Trinajstić information content (AvgIpc) is 3.59. The molecule has 0 aliphatic rings. The van der Waals surface area contributed by atoms with Crippen LogP contribution in [-0.2, 0) is 6.42 Å². The highest BCUT2D eigenvalue weighted by molar-refractivity contribution is 6.03. The molecule has 0 saturated carbocycles. The molecule has 5 N–H and O–H groups in total. The lowest BCUT2D eigenvalue weighted by Crippen LogP contribution is -2.24. The molecule has 0 atom stereocenters. The molecule has 11 heteroatoms. The second kappa shape index (κ2) is 10.7. The summed E-state index contributed by atoms with van der Waals surface area (Å²) in [7, 11) is 0. The number of H-pyrrole nitrogens is 1. The molecule has 0 unspecified atom stereocenters. The number of nitrogens with zero attached hydrogens (tertiary/aromatic N) is 6. The highest BCUT2D eigenvalue weighted by Gasteiger charge is 2.16. The van der Waals surface area contributed by atoms with Gasteiger partial charge in [-0.3, -0.25) is 19.3 Å². The van der Waals surface area contributed by atoms with E-state index in [9.17, 15) is 9.59 Å². The molecule has 2 aromatic carbocycles. The van der Waals surface area contributed by atoms with Crippen molar-refractivity contribution in [2.45, 2.75) is 13.3 Å². The molecule has 39 heavy (non-hydrogen) atoms. The molecule has 11 nitrogen and oxygen atoms in total. The Morgan fingerprint density at radius 2 is 1.85 bits per heavy atom. The maximum absolute atomic E-state index is 13.3. The van der Waals surface area contributed by atoms with E-state index in [4.69, 9.17) is 16.5 Å². The summed E-state index contributed by atoms with van der Waals surface area (Å²) >= 11 is 0. The van der Waals surface area contributed by atoms with Crippen LogP contribution in [-0.4, -0.2) is 40.3 Å². The van der Waals surface area contributed by atoms with Crippen molar-refractivity contribution in [3.63, 3.8) is 0 Å². The first-order valence-electron chi connectivity index (χ1n) is 12.0. The maximum Gasteiger partial charge on any atom is 0.267 e. The second-order valence-electron chi connectivity index (χ2n) is 8.29. The van der Waals surface area contributed by atoms with E-state index in [0.717, 1.165) is 11.5 Å². The molecule has 0 radical (unpaired) electrons. The van der Waals surface area contributed by atoms with Gasteiger partial charge in [-0.1, -0.05) is 37.1 Å². The zero-order valence-electron chi connectivity index (χ0n) is 20.9. The lowest BCUT2D eigenvalue weighted by atomic mass is 10.1. The number of fused-ring (bicyclic) bond motifs is 2. The number of carbonyl (C=O) groups excluding carboxylic acids is 1. The Bertz CT molecular complexity index is 1910. The summed E-state index contributed by atoms with van der Waals surface area (Å²) in [4.78, 5) is 32.9. The van der Waals surface area contributed by atoms with Gasteiger partial charge < -0.3 is 11.5 Å². The Morgan fingerprint density at radius 1 is 1.03 bits per heavy atom. The standard InChI is InChI=1S/C21H16N4O.C7H7N5O/c1-2-19-23-18-10-6-7-15(11-12-16-13-14-22-24-16)20(18)21(26)25(19)17-8-4-3-5-9-17;8-5-4(6(9)13)7-10-2-1-3-12(7)11-5/h3-10,13-14H,2H2,1H3,(H,22,24);1-3H,(H2,8,11)(H2,9,13). The molecule has 6 rings (SSSR count). The third-order valence-electron chi connectivity index (χ3n) is 5.80. The Labute approximate surface area is 222 Å². The Hall–Kier alpha value is -5.76. The number of aromatic nitrogens is 7. The maximum atomic E-state index is 13.3. The quantitative estimate of drug-likeness (QED) is 0.304. The first kappa shape index (κ1) is 24.9. The normalized spacial score (nSPS) is 10.5. The van der Waals surface area contributed by atoms with Gasteiger partial charge in [0.25, 0.3) is 11.5 Å². The highest BCUT2D eigenvalue weighted by atomic mass is 16.1. The van der Waals surface area contributed by atoms with E-state index in [-0.39, 0.29) is 16.9 Å². The Balaban J connectivity index is 0.000000198. The lowest BCUT2D eigenvalue weighted by Gasteiger charge is -2.13. The summed E-state index contributed by atoms with van der Waals surface area (Å²) < 4.78 is 3.08. The molecular formula is C28H23N9O2. The SMILES string of the molecule is CCc1nc2cccc(C#Cc3ccn[nH]3)c2c(=O)n1-c1ccccc1.NC(=O)c1c(N)nn2cccnc12. The van der Waals surface area contributed by atoms with Gasteiger partial charge in [-0.2, -0.15) is 5.10 Å². The van der Waals surface area contributed by atoms with Gasteiger partial charge in [-0.05, 0) is 42.3 Å². The third kappa shape index (κ3) is 4.94. The van der Waals surface area contributed by atoms with E-state index in [2.05, 4.69) is 32.1 Å². The van der Waals surface area contributed by atoms with Gasteiger partial charge in [-0.15, -0.1) is 5.10 Å². The van der Waals surface area contributed by atoms with Crippen molar-refractivity contribution < 1.29 is 4.79 Å². The summed E-state index contributed by atoms with van der Waals surface area (Å²) in [6.45, 7) is 1.99. The number of nitrogens with two attached hydrogens (primary N) is 2. The molecule has 1 amide bonds. The number of rotatable bonds is 3. The molecule has 4 heterocycles. The Morgan fingerprint density at radius 3 is 2.56 bits per heavy atom. The highest BCUT2D eigenvalue weighted by Crippen LogP contribution is 2.17. The smallest absolute Gasteiger partial charge is 0.267 e. The number of anilines is 1. The summed E-state index contributed by atoms with van der Waals surface area (Å²) in [6.07, 6.45) is 5.49. The molecule has 0 fully saturated rings. The number of aryl methyl sites for hydroxylation is 1. The van der Waals surface area contributed by atoms with E-state index < -0.39 is 5.91 Å². The van der Waals surface area contributed by atoms with Gasteiger partial charge >= 0.3 is 0 Å². The fourth-order valence-electron chi connectivity index (χ4n) is 4.06. The number of para-hydroxylation sites is 1. The number of carbonyl (C=O) groups is 1. The molecule has 0 saturated heterocycles. The minimum absolute atomic E-state index is 0.103. The number of aromatic amines is 1. The number of amides is 1. The van der Waals surface area contributed by atoms with E-state index in [0.29, 0.717) is 34.2 Å². The van der Waals surface area contributed by atoms with Gasteiger partial charge in [0.2, 0.25) is 0 Å². The van der Waals surface area contributed by atoms with Crippen molar-refractivity contribution in [1.82, 2.24) is 34.3 Å². The van der Waals surface area contributed by atoms with Crippen LogP contribution in [0.25, 0.3) is 22.2 Å². The summed E-state index contributed by atoms with van der Waals surface area (Å²) in [5, 5.41) is 11.1. The van der Waals surface area contributed by atoms with Crippen LogP contribution in [0.5, 0.6) is 0 Å². The number of hydrogen-bond acceptors (Lipinski definition) is 7.